The van der Waals surface area contributed by atoms with Crippen LogP contribution in [-0.4, -0.2) is 19.7 Å². The van der Waals surface area contributed by atoms with Crippen LogP contribution < -0.4 is 0 Å². The van der Waals surface area contributed by atoms with Crippen LogP contribution >= 0.6 is 11.6 Å². The van der Waals surface area contributed by atoms with Crippen molar-refractivity contribution in [1.29, 1.82) is 0 Å². The van der Waals surface area contributed by atoms with Gasteiger partial charge in [-0.1, -0.05) is 24.4 Å². The summed E-state index contributed by atoms with van der Waals surface area (Å²) >= 11 is 6.30. The van der Waals surface area contributed by atoms with Crippen LogP contribution in [0.5, 0.6) is 0 Å². The Labute approximate surface area is 117 Å². The summed E-state index contributed by atoms with van der Waals surface area (Å²) in [5.41, 5.74) is 2.02. The maximum absolute atomic E-state index is 6.30. The van der Waals surface area contributed by atoms with E-state index in [0.29, 0.717) is 11.1 Å². The summed E-state index contributed by atoms with van der Waals surface area (Å²) in [7, 11) is 0. The van der Waals surface area contributed by atoms with Crippen LogP contribution in [-0.2, 0) is 0 Å². The molecule has 0 bridgehead atoms. The van der Waals surface area contributed by atoms with E-state index >= 15 is 0 Å². The molecule has 0 aliphatic heterocycles. The number of rotatable bonds is 2. The zero-order valence-electron chi connectivity index (χ0n) is 11.2. The van der Waals surface area contributed by atoms with Crippen molar-refractivity contribution in [2.45, 2.75) is 45.4 Å². The van der Waals surface area contributed by atoms with Gasteiger partial charge < -0.3 is 0 Å². The molecule has 1 fully saturated rings. The fourth-order valence-corrected chi connectivity index (χ4v) is 3.00. The standard InChI is InChI=1S/C14H17ClN4/c1-9-7-14(17-10(2)16-9)19-13(15)8-12(18-19)11-5-3-4-6-11/h7-8,11H,3-6H2,1-2H3. The zero-order chi connectivity index (χ0) is 13.4. The molecule has 2 aromatic rings. The van der Waals surface area contributed by atoms with Crippen molar-refractivity contribution in [3.05, 3.63) is 34.5 Å². The Kier molecular flexibility index (Phi) is 3.27. The molecule has 19 heavy (non-hydrogen) atoms. The Morgan fingerprint density at radius 2 is 1.89 bits per heavy atom. The predicted octanol–water partition coefficient (Wildman–Crippen LogP) is 3.59. The van der Waals surface area contributed by atoms with E-state index in [1.54, 1.807) is 4.68 Å². The van der Waals surface area contributed by atoms with E-state index in [4.69, 9.17) is 11.6 Å². The molecule has 0 saturated heterocycles. The monoisotopic (exact) mass is 276 g/mol. The predicted molar refractivity (Wildman–Crippen MR) is 74.8 cm³/mol. The first-order valence-corrected chi connectivity index (χ1v) is 7.09. The van der Waals surface area contributed by atoms with Crippen LogP contribution in [0.25, 0.3) is 5.82 Å². The second-order valence-electron chi connectivity index (χ2n) is 5.20. The summed E-state index contributed by atoms with van der Waals surface area (Å²) in [5.74, 6) is 2.05. The molecule has 0 aromatic carbocycles. The fourth-order valence-electron chi connectivity index (χ4n) is 2.76. The van der Waals surface area contributed by atoms with Gasteiger partial charge in [-0.3, -0.25) is 0 Å². The van der Waals surface area contributed by atoms with Gasteiger partial charge in [-0.25, -0.2) is 14.6 Å². The maximum Gasteiger partial charge on any atom is 0.159 e. The minimum atomic E-state index is 0.558. The summed E-state index contributed by atoms with van der Waals surface area (Å²) in [6.07, 6.45) is 5.02. The van der Waals surface area contributed by atoms with Crippen molar-refractivity contribution in [2.24, 2.45) is 0 Å². The van der Waals surface area contributed by atoms with Crippen LogP contribution in [0, 0.1) is 13.8 Å². The molecule has 0 unspecified atom stereocenters. The summed E-state index contributed by atoms with van der Waals surface area (Å²) in [4.78, 5) is 8.69. The van der Waals surface area contributed by atoms with E-state index in [-0.39, 0.29) is 0 Å². The quantitative estimate of drug-likeness (QED) is 0.842. The summed E-state index contributed by atoms with van der Waals surface area (Å²) < 4.78 is 1.72. The summed E-state index contributed by atoms with van der Waals surface area (Å²) in [6, 6.07) is 3.88. The van der Waals surface area contributed by atoms with Crippen LogP contribution in [0.3, 0.4) is 0 Å². The normalized spacial score (nSPS) is 16.2. The highest BCUT2D eigenvalue weighted by Crippen LogP contribution is 2.34. The smallest absolute Gasteiger partial charge is 0.159 e. The largest absolute Gasteiger partial charge is 0.238 e. The maximum atomic E-state index is 6.30. The SMILES string of the molecule is Cc1cc(-n2nc(C3CCCC3)cc2Cl)nc(C)n1. The third-order valence-corrected chi connectivity index (χ3v) is 3.90. The van der Waals surface area contributed by atoms with Gasteiger partial charge in [0.15, 0.2) is 5.82 Å². The number of halogens is 1. The minimum Gasteiger partial charge on any atom is -0.238 e. The molecule has 1 aliphatic carbocycles. The van der Waals surface area contributed by atoms with Crippen molar-refractivity contribution in [2.75, 3.05) is 0 Å². The molecule has 5 heteroatoms. The van der Waals surface area contributed by atoms with Crippen LogP contribution in [0.1, 0.15) is 48.8 Å². The molecule has 3 rings (SSSR count). The first kappa shape index (κ1) is 12.6. The molecule has 2 heterocycles. The Hall–Kier alpha value is -1.42. The van der Waals surface area contributed by atoms with Crippen LogP contribution in [0.2, 0.25) is 5.15 Å². The van der Waals surface area contributed by atoms with E-state index in [9.17, 15) is 0 Å². The molecular weight excluding hydrogens is 260 g/mol. The van der Waals surface area contributed by atoms with Crippen molar-refractivity contribution < 1.29 is 0 Å². The van der Waals surface area contributed by atoms with Gasteiger partial charge in [-0.15, -0.1) is 0 Å². The first-order chi connectivity index (χ1) is 9.13. The van der Waals surface area contributed by atoms with Gasteiger partial charge in [0.25, 0.3) is 0 Å². The molecule has 4 nitrogen and oxygen atoms in total. The Bertz CT molecular complexity index is 579. The van der Waals surface area contributed by atoms with E-state index in [1.807, 2.05) is 26.0 Å². The average molecular weight is 277 g/mol. The lowest BCUT2D eigenvalue weighted by atomic mass is 10.1. The molecule has 0 radical (unpaired) electrons. The van der Waals surface area contributed by atoms with Gasteiger partial charge in [0.1, 0.15) is 11.0 Å². The number of aromatic nitrogens is 4. The van der Waals surface area contributed by atoms with Crippen LogP contribution in [0.15, 0.2) is 12.1 Å². The summed E-state index contributed by atoms with van der Waals surface area (Å²) in [6.45, 7) is 3.83. The highest BCUT2D eigenvalue weighted by Gasteiger charge is 2.21. The molecule has 0 amide bonds. The van der Waals surface area contributed by atoms with Crippen molar-refractivity contribution in [1.82, 2.24) is 19.7 Å². The number of hydrogen-bond donors (Lipinski definition) is 0. The lowest BCUT2D eigenvalue weighted by molar-refractivity contribution is 0.674. The molecule has 100 valence electrons. The Morgan fingerprint density at radius 3 is 2.58 bits per heavy atom. The molecule has 2 aromatic heterocycles. The topological polar surface area (TPSA) is 43.6 Å². The molecule has 1 saturated carbocycles. The Morgan fingerprint density at radius 1 is 1.16 bits per heavy atom. The first-order valence-electron chi connectivity index (χ1n) is 6.71. The lowest BCUT2D eigenvalue weighted by Crippen LogP contribution is -2.04. The van der Waals surface area contributed by atoms with E-state index in [0.717, 1.165) is 23.0 Å². The van der Waals surface area contributed by atoms with Crippen LogP contribution in [0.4, 0.5) is 0 Å². The third-order valence-electron chi connectivity index (χ3n) is 3.63. The highest BCUT2D eigenvalue weighted by molar-refractivity contribution is 6.29. The molecule has 1 aliphatic rings. The lowest BCUT2D eigenvalue weighted by Gasteiger charge is -2.05. The second-order valence-corrected chi connectivity index (χ2v) is 5.59. The molecular formula is C14H17ClN4. The number of aryl methyl sites for hydroxylation is 2. The number of nitrogens with zero attached hydrogens (tertiary/aromatic N) is 4. The number of hydrogen-bond acceptors (Lipinski definition) is 3. The van der Waals surface area contributed by atoms with Crippen molar-refractivity contribution >= 4 is 11.6 Å². The Balaban J connectivity index is 2.00. The van der Waals surface area contributed by atoms with Crippen molar-refractivity contribution in [3.8, 4) is 5.82 Å². The van der Waals surface area contributed by atoms with E-state index in [1.165, 1.54) is 25.7 Å². The van der Waals surface area contributed by atoms with Gasteiger partial charge >= 0.3 is 0 Å². The van der Waals surface area contributed by atoms with Gasteiger partial charge in [-0.2, -0.15) is 5.10 Å². The van der Waals surface area contributed by atoms with E-state index < -0.39 is 0 Å². The fraction of sp³-hybridized carbons (Fsp3) is 0.500. The molecule has 0 N–H and O–H groups in total. The highest BCUT2D eigenvalue weighted by atomic mass is 35.5. The molecule has 0 atom stereocenters. The van der Waals surface area contributed by atoms with Gasteiger partial charge in [-0.05, 0) is 32.8 Å². The van der Waals surface area contributed by atoms with Crippen molar-refractivity contribution in [3.63, 3.8) is 0 Å². The van der Waals surface area contributed by atoms with Gasteiger partial charge in [0.2, 0.25) is 0 Å². The second kappa shape index (κ2) is 4.93. The van der Waals surface area contributed by atoms with Gasteiger partial charge in [0.05, 0.1) is 5.69 Å². The van der Waals surface area contributed by atoms with Gasteiger partial charge in [0, 0.05) is 17.7 Å². The zero-order valence-corrected chi connectivity index (χ0v) is 12.0. The molecule has 0 spiro atoms. The minimum absolute atomic E-state index is 0.558. The average Bonchev–Trinajstić information content (AvgIpc) is 2.95. The summed E-state index contributed by atoms with van der Waals surface area (Å²) in [5, 5.41) is 5.26. The van der Waals surface area contributed by atoms with E-state index in [2.05, 4.69) is 15.1 Å². The third kappa shape index (κ3) is 2.50.